The number of hydrogen-bond acceptors (Lipinski definition) is 3. The summed E-state index contributed by atoms with van der Waals surface area (Å²) in [4.78, 5) is 0. The van der Waals surface area contributed by atoms with E-state index < -0.39 is 0 Å². The molecular formula is C18H22O3. The van der Waals surface area contributed by atoms with E-state index in [1.807, 2.05) is 13.0 Å². The fraction of sp³-hybridized carbons (Fsp3) is 0.333. The molecule has 112 valence electrons. The number of rotatable bonds is 4. The van der Waals surface area contributed by atoms with Crippen LogP contribution >= 0.6 is 0 Å². The molecule has 0 radical (unpaired) electrons. The van der Waals surface area contributed by atoms with Crippen molar-refractivity contribution >= 4 is 0 Å². The van der Waals surface area contributed by atoms with E-state index in [0.29, 0.717) is 11.1 Å². The van der Waals surface area contributed by atoms with Gasteiger partial charge in [-0.2, -0.15) is 0 Å². The number of aromatic hydroxyl groups is 3. The van der Waals surface area contributed by atoms with Crippen molar-refractivity contribution in [2.75, 3.05) is 0 Å². The van der Waals surface area contributed by atoms with Crippen LogP contribution in [0.2, 0.25) is 0 Å². The molecule has 2 aromatic carbocycles. The predicted molar refractivity (Wildman–Crippen MR) is 85.0 cm³/mol. The topological polar surface area (TPSA) is 60.7 Å². The molecule has 0 spiro atoms. The van der Waals surface area contributed by atoms with Gasteiger partial charge in [0.15, 0.2) is 0 Å². The largest absolute Gasteiger partial charge is 0.508 e. The Morgan fingerprint density at radius 3 is 1.95 bits per heavy atom. The molecule has 2 rings (SSSR count). The maximum atomic E-state index is 10.6. The highest BCUT2D eigenvalue weighted by Gasteiger charge is 2.17. The number of hydrogen-bond donors (Lipinski definition) is 3. The van der Waals surface area contributed by atoms with Crippen LogP contribution in [0.3, 0.4) is 0 Å². The van der Waals surface area contributed by atoms with Crippen LogP contribution in [-0.2, 0) is 19.3 Å². The summed E-state index contributed by atoms with van der Waals surface area (Å²) in [6, 6.07) is 6.38. The average molecular weight is 286 g/mol. The Morgan fingerprint density at radius 1 is 0.762 bits per heavy atom. The first-order valence-corrected chi connectivity index (χ1v) is 7.42. The second kappa shape index (κ2) is 6.08. The third-order valence-electron chi connectivity index (χ3n) is 3.97. The maximum absolute atomic E-state index is 10.6. The van der Waals surface area contributed by atoms with E-state index in [2.05, 4.69) is 13.8 Å². The van der Waals surface area contributed by atoms with Gasteiger partial charge in [-0.05, 0) is 54.2 Å². The summed E-state index contributed by atoms with van der Waals surface area (Å²) in [5.41, 5.74) is 4.49. The molecule has 3 nitrogen and oxygen atoms in total. The molecule has 0 aliphatic rings. The van der Waals surface area contributed by atoms with Gasteiger partial charge in [0.2, 0.25) is 0 Å². The van der Waals surface area contributed by atoms with Crippen molar-refractivity contribution in [3.05, 3.63) is 41.0 Å². The fourth-order valence-electron chi connectivity index (χ4n) is 2.92. The Kier molecular flexibility index (Phi) is 4.41. The minimum absolute atomic E-state index is 0.00680. The second-order valence-electron chi connectivity index (χ2n) is 5.15. The van der Waals surface area contributed by atoms with Crippen molar-refractivity contribution in [2.45, 2.75) is 40.0 Å². The normalized spacial score (nSPS) is 10.8. The summed E-state index contributed by atoms with van der Waals surface area (Å²) in [5.74, 6) is 0.207. The molecule has 0 saturated heterocycles. The van der Waals surface area contributed by atoms with Crippen LogP contribution in [-0.4, -0.2) is 15.3 Å². The van der Waals surface area contributed by atoms with Gasteiger partial charge in [-0.3, -0.25) is 0 Å². The first-order valence-electron chi connectivity index (χ1n) is 7.42. The molecule has 3 N–H and O–H groups in total. The standard InChI is InChI=1S/C18H22O3/c1-4-11-9-16(15-8-7-12(19)10-17(15)20)18(21)14(6-3)13(11)5-2/h7-10,19-21H,4-6H2,1-3H3. The molecule has 0 atom stereocenters. The van der Waals surface area contributed by atoms with Gasteiger partial charge in [0, 0.05) is 17.2 Å². The highest BCUT2D eigenvalue weighted by Crippen LogP contribution is 2.41. The molecule has 0 amide bonds. The SMILES string of the molecule is CCc1cc(-c2ccc(O)cc2O)c(O)c(CC)c1CC. The van der Waals surface area contributed by atoms with Gasteiger partial charge < -0.3 is 15.3 Å². The number of phenols is 3. The third-order valence-corrected chi connectivity index (χ3v) is 3.97. The minimum atomic E-state index is -0.0290. The van der Waals surface area contributed by atoms with Crippen molar-refractivity contribution < 1.29 is 15.3 Å². The molecule has 3 heteroatoms. The summed E-state index contributed by atoms with van der Waals surface area (Å²) >= 11 is 0. The van der Waals surface area contributed by atoms with Crippen molar-refractivity contribution in [3.63, 3.8) is 0 Å². The summed E-state index contributed by atoms with van der Waals surface area (Å²) in [7, 11) is 0. The molecule has 2 aromatic rings. The van der Waals surface area contributed by atoms with Crippen LogP contribution in [0.15, 0.2) is 24.3 Å². The molecule has 21 heavy (non-hydrogen) atoms. The van der Waals surface area contributed by atoms with Gasteiger partial charge in [0.25, 0.3) is 0 Å². The summed E-state index contributed by atoms with van der Waals surface area (Å²) in [6.45, 7) is 6.20. The van der Waals surface area contributed by atoms with Crippen LogP contribution < -0.4 is 0 Å². The van der Waals surface area contributed by atoms with Gasteiger partial charge in [-0.1, -0.05) is 20.8 Å². The Hall–Kier alpha value is -2.16. The Balaban J connectivity index is 2.74. The molecular weight excluding hydrogens is 264 g/mol. The van der Waals surface area contributed by atoms with Crippen molar-refractivity contribution in [1.82, 2.24) is 0 Å². The molecule has 0 unspecified atom stereocenters. The lowest BCUT2D eigenvalue weighted by Gasteiger charge is -2.18. The first-order chi connectivity index (χ1) is 10.0. The zero-order valence-electron chi connectivity index (χ0n) is 12.8. The van der Waals surface area contributed by atoms with E-state index >= 15 is 0 Å². The first kappa shape index (κ1) is 15.2. The zero-order chi connectivity index (χ0) is 15.6. The Morgan fingerprint density at radius 2 is 1.43 bits per heavy atom. The fourth-order valence-corrected chi connectivity index (χ4v) is 2.92. The number of benzene rings is 2. The third kappa shape index (κ3) is 2.68. The number of aryl methyl sites for hydroxylation is 1. The molecule has 0 aliphatic heterocycles. The van der Waals surface area contributed by atoms with E-state index in [1.165, 1.54) is 23.3 Å². The molecule has 0 heterocycles. The van der Waals surface area contributed by atoms with Gasteiger partial charge in [-0.15, -0.1) is 0 Å². The number of phenolic OH excluding ortho intramolecular Hbond substituents is 3. The highest BCUT2D eigenvalue weighted by atomic mass is 16.3. The summed E-state index contributed by atoms with van der Waals surface area (Å²) < 4.78 is 0. The Labute approximate surface area is 125 Å². The van der Waals surface area contributed by atoms with Gasteiger partial charge in [-0.25, -0.2) is 0 Å². The maximum Gasteiger partial charge on any atom is 0.127 e. The monoisotopic (exact) mass is 286 g/mol. The van der Waals surface area contributed by atoms with Crippen LogP contribution in [0, 0.1) is 0 Å². The Bertz CT molecular complexity index is 660. The molecule has 0 fully saturated rings. The zero-order valence-corrected chi connectivity index (χ0v) is 12.8. The van der Waals surface area contributed by atoms with E-state index in [-0.39, 0.29) is 17.2 Å². The lowest BCUT2D eigenvalue weighted by molar-refractivity contribution is 0.449. The van der Waals surface area contributed by atoms with Gasteiger partial charge in [0.05, 0.1) is 0 Å². The summed E-state index contributed by atoms with van der Waals surface area (Å²) in [6.07, 6.45) is 2.50. The second-order valence-corrected chi connectivity index (χ2v) is 5.15. The van der Waals surface area contributed by atoms with E-state index in [4.69, 9.17) is 0 Å². The van der Waals surface area contributed by atoms with Gasteiger partial charge in [0.1, 0.15) is 17.2 Å². The predicted octanol–water partition coefficient (Wildman–Crippen LogP) is 4.16. The lowest BCUT2D eigenvalue weighted by Crippen LogP contribution is -2.00. The van der Waals surface area contributed by atoms with Gasteiger partial charge >= 0.3 is 0 Å². The van der Waals surface area contributed by atoms with Crippen LogP contribution in [0.5, 0.6) is 17.2 Å². The van der Waals surface area contributed by atoms with Crippen LogP contribution in [0.25, 0.3) is 11.1 Å². The molecule has 0 aromatic heterocycles. The van der Waals surface area contributed by atoms with E-state index in [0.717, 1.165) is 24.8 Å². The molecule has 0 bridgehead atoms. The average Bonchev–Trinajstić information content (AvgIpc) is 2.47. The highest BCUT2D eigenvalue weighted by molar-refractivity contribution is 5.78. The van der Waals surface area contributed by atoms with E-state index in [9.17, 15) is 15.3 Å². The lowest BCUT2D eigenvalue weighted by atomic mass is 9.89. The van der Waals surface area contributed by atoms with E-state index in [1.54, 1.807) is 6.07 Å². The van der Waals surface area contributed by atoms with Crippen molar-refractivity contribution in [1.29, 1.82) is 0 Å². The van der Waals surface area contributed by atoms with Crippen molar-refractivity contribution in [2.24, 2.45) is 0 Å². The van der Waals surface area contributed by atoms with Crippen LogP contribution in [0.1, 0.15) is 37.5 Å². The smallest absolute Gasteiger partial charge is 0.127 e. The quantitative estimate of drug-likeness (QED) is 0.791. The van der Waals surface area contributed by atoms with Crippen molar-refractivity contribution in [3.8, 4) is 28.4 Å². The molecule has 0 saturated carbocycles. The minimum Gasteiger partial charge on any atom is -0.508 e. The summed E-state index contributed by atoms with van der Waals surface area (Å²) in [5, 5.41) is 30.1. The molecule has 0 aliphatic carbocycles. The van der Waals surface area contributed by atoms with Crippen LogP contribution in [0.4, 0.5) is 0 Å².